The molecular formula is C31H36N6O4. The van der Waals surface area contributed by atoms with Crippen LogP contribution in [0.15, 0.2) is 83.9 Å². The minimum Gasteiger partial charge on any atom is -0.508 e. The van der Waals surface area contributed by atoms with E-state index < -0.39 is 11.9 Å². The van der Waals surface area contributed by atoms with Gasteiger partial charge in [0.2, 0.25) is 5.91 Å². The Kier molecular flexibility index (Phi) is 10.2. The molecule has 0 saturated heterocycles. The first-order chi connectivity index (χ1) is 19.9. The SMILES string of the molecule is NC(N)=NCCC[C@@H](NC(=O)c1cc2cc(OCCc3ccccc3)ccc2[nH]1)C(=O)NCCc1ccc(O)cc1. The first-order valence-electron chi connectivity index (χ1n) is 13.6. The van der Waals surface area contributed by atoms with Gasteiger partial charge in [0.15, 0.2) is 5.96 Å². The number of aromatic nitrogens is 1. The van der Waals surface area contributed by atoms with E-state index in [2.05, 4.69) is 32.7 Å². The third-order valence-corrected chi connectivity index (χ3v) is 6.56. The molecule has 10 heteroatoms. The van der Waals surface area contributed by atoms with Crippen molar-refractivity contribution in [3.63, 3.8) is 0 Å². The molecule has 1 heterocycles. The van der Waals surface area contributed by atoms with Crippen LogP contribution in [0.3, 0.4) is 0 Å². The largest absolute Gasteiger partial charge is 0.508 e. The molecule has 3 aromatic carbocycles. The molecular weight excluding hydrogens is 520 g/mol. The van der Waals surface area contributed by atoms with E-state index in [-0.39, 0.29) is 17.6 Å². The summed E-state index contributed by atoms with van der Waals surface area (Å²) in [5, 5.41) is 16.0. The van der Waals surface area contributed by atoms with Crippen molar-refractivity contribution in [3.05, 3.63) is 95.7 Å². The van der Waals surface area contributed by atoms with Crippen molar-refractivity contribution in [2.24, 2.45) is 16.5 Å². The van der Waals surface area contributed by atoms with Crippen molar-refractivity contribution >= 4 is 28.7 Å². The molecule has 0 saturated carbocycles. The van der Waals surface area contributed by atoms with Gasteiger partial charge in [-0.2, -0.15) is 0 Å². The van der Waals surface area contributed by atoms with E-state index in [0.717, 1.165) is 22.9 Å². The van der Waals surface area contributed by atoms with E-state index in [1.54, 1.807) is 30.3 Å². The lowest BCUT2D eigenvalue weighted by molar-refractivity contribution is -0.123. The van der Waals surface area contributed by atoms with Gasteiger partial charge in [0.05, 0.1) is 6.61 Å². The van der Waals surface area contributed by atoms with Crippen LogP contribution >= 0.6 is 0 Å². The molecule has 2 amide bonds. The van der Waals surface area contributed by atoms with Crippen LogP contribution in [-0.4, -0.2) is 53.6 Å². The second kappa shape index (κ2) is 14.4. The summed E-state index contributed by atoms with van der Waals surface area (Å²) in [6, 6.07) is 23.5. The zero-order valence-corrected chi connectivity index (χ0v) is 22.8. The number of benzene rings is 3. The normalized spacial score (nSPS) is 11.5. The van der Waals surface area contributed by atoms with Crippen LogP contribution in [0.2, 0.25) is 0 Å². The average molecular weight is 557 g/mol. The first kappa shape index (κ1) is 29.0. The summed E-state index contributed by atoms with van der Waals surface area (Å²) in [4.78, 5) is 33.3. The number of phenols is 1. The number of aromatic hydroxyl groups is 1. The third-order valence-electron chi connectivity index (χ3n) is 6.56. The summed E-state index contributed by atoms with van der Waals surface area (Å²) in [6.45, 7) is 1.26. The van der Waals surface area contributed by atoms with Crippen molar-refractivity contribution in [1.82, 2.24) is 15.6 Å². The number of hydrogen-bond acceptors (Lipinski definition) is 5. The number of amides is 2. The molecule has 0 unspecified atom stereocenters. The number of phenolic OH excluding ortho intramolecular Hbond substituents is 1. The number of hydrogen-bond donors (Lipinski definition) is 6. The van der Waals surface area contributed by atoms with Crippen LogP contribution in [-0.2, 0) is 17.6 Å². The average Bonchev–Trinajstić information content (AvgIpc) is 3.40. The Morgan fingerprint density at radius 2 is 1.71 bits per heavy atom. The number of fused-ring (bicyclic) bond motifs is 1. The molecule has 41 heavy (non-hydrogen) atoms. The highest BCUT2D eigenvalue weighted by Gasteiger charge is 2.22. The number of aliphatic imine (C=N–C) groups is 1. The Morgan fingerprint density at radius 3 is 2.46 bits per heavy atom. The summed E-state index contributed by atoms with van der Waals surface area (Å²) < 4.78 is 5.92. The van der Waals surface area contributed by atoms with E-state index in [4.69, 9.17) is 16.2 Å². The highest BCUT2D eigenvalue weighted by molar-refractivity contribution is 6.00. The Hall–Kier alpha value is -4.99. The van der Waals surface area contributed by atoms with Gasteiger partial charge in [0, 0.05) is 30.4 Å². The van der Waals surface area contributed by atoms with Crippen LogP contribution in [0.1, 0.15) is 34.5 Å². The molecule has 0 bridgehead atoms. The summed E-state index contributed by atoms with van der Waals surface area (Å²) in [5.41, 5.74) is 14.1. The number of aromatic amines is 1. The maximum atomic E-state index is 13.2. The van der Waals surface area contributed by atoms with Crippen molar-refractivity contribution in [2.75, 3.05) is 19.7 Å². The van der Waals surface area contributed by atoms with Gasteiger partial charge in [-0.1, -0.05) is 42.5 Å². The molecule has 0 aliphatic heterocycles. The Morgan fingerprint density at radius 1 is 0.951 bits per heavy atom. The Balaban J connectivity index is 1.36. The predicted molar refractivity (Wildman–Crippen MR) is 160 cm³/mol. The van der Waals surface area contributed by atoms with E-state index in [1.807, 2.05) is 36.4 Å². The van der Waals surface area contributed by atoms with E-state index in [1.165, 1.54) is 5.56 Å². The summed E-state index contributed by atoms with van der Waals surface area (Å²) in [7, 11) is 0. The fourth-order valence-electron chi connectivity index (χ4n) is 4.38. The van der Waals surface area contributed by atoms with E-state index in [9.17, 15) is 14.7 Å². The number of nitrogens with zero attached hydrogens (tertiary/aromatic N) is 1. The van der Waals surface area contributed by atoms with Gasteiger partial charge in [-0.15, -0.1) is 0 Å². The number of ether oxygens (including phenoxy) is 1. The molecule has 1 atom stereocenters. The molecule has 4 rings (SSSR count). The smallest absolute Gasteiger partial charge is 0.268 e. The van der Waals surface area contributed by atoms with E-state index in [0.29, 0.717) is 50.4 Å². The molecule has 8 N–H and O–H groups in total. The predicted octanol–water partition coefficient (Wildman–Crippen LogP) is 3.01. The van der Waals surface area contributed by atoms with E-state index >= 15 is 0 Å². The second-order valence-electron chi connectivity index (χ2n) is 9.70. The lowest BCUT2D eigenvalue weighted by Crippen LogP contribution is -2.47. The number of carbonyl (C=O) groups is 2. The highest BCUT2D eigenvalue weighted by atomic mass is 16.5. The molecule has 0 radical (unpaired) electrons. The number of rotatable bonds is 14. The van der Waals surface area contributed by atoms with Crippen molar-refractivity contribution in [3.8, 4) is 11.5 Å². The minimum absolute atomic E-state index is 0.0228. The number of nitrogens with two attached hydrogens (primary N) is 2. The second-order valence-corrected chi connectivity index (χ2v) is 9.70. The number of H-pyrrole nitrogens is 1. The lowest BCUT2D eigenvalue weighted by atomic mass is 10.1. The Bertz CT molecular complexity index is 1460. The fourth-order valence-corrected chi connectivity index (χ4v) is 4.38. The molecule has 0 spiro atoms. The summed E-state index contributed by atoms with van der Waals surface area (Å²) >= 11 is 0. The third kappa shape index (κ3) is 9.03. The van der Waals surface area contributed by atoms with Crippen LogP contribution in [0.25, 0.3) is 10.9 Å². The quantitative estimate of drug-likeness (QED) is 0.0793. The van der Waals surface area contributed by atoms with Crippen LogP contribution in [0.4, 0.5) is 0 Å². The summed E-state index contributed by atoms with van der Waals surface area (Å²) in [6.07, 6.45) is 2.23. The zero-order valence-electron chi connectivity index (χ0n) is 22.8. The van der Waals surface area contributed by atoms with Gasteiger partial charge in [-0.05, 0) is 66.8 Å². The van der Waals surface area contributed by atoms with Gasteiger partial charge >= 0.3 is 0 Å². The maximum Gasteiger partial charge on any atom is 0.268 e. The topological polar surface area (TPSA) is 168 Å². The summed E-state index contributed by atoms with van der Waals surface area (Å²) in [5.74, 6) is 0.181. The number of nitrogens with one attached hydrogen (secondary N) is 3. The number of guanidine groups is 1. The van der Waals surface area contributed by atoms with Crippen molar-refractivity contribution in [2.45, 2.75) is 31.7 Å². The van der Waals surface area contributed by atoms with Crippen LogP contribution < -0.4 is 26.8 Å². The molecule has 0 fully saturated rings. The Labute approximate surface area is 238 Å². The van der Waals surface area contributed by atoms with Gasteiger partial charge in [-0.3, -0.25) is 14.6 Å². The van der Waals surface area contributed by atoms with Crippen molar-refractivity contribution in [1.29, 1.82) is 0 Å². The fraction of sp³-hybridized carbons (Fsp3) is 0.258. The lowest BCUT2D eigenvalue weighted by Gasteiger charge is -2.18. The standard InChI is InChI=1S/C31H36N6O4/c32-31(33)35-16-4-7-27(29(39)34-17-14-22-8-10-24(38)11-9-22)37-30(40)28-20-23-19-25(12-13-26(23)36-28)41-18-15-21-5-2-1-3-6-21/h1-3,5-6,8-13,19-20,27,36,38H,4,7,14-18H2,(H,34,39)(H,37,40)(H4,32,33,35)/t27-/m1/s1. The number of carbonyl (C=O) groups excluding carboxylic acids is 2. The van der Waals surface area contributed by atoms with Gasteiger partial charge in [0.25, 0.3) is 5.91 Å². The van der Waals surface area contributed by atoms with Gasteiger partial charge in [-0.25, -0.2) is 0 Å². The molecule has 0 aliphatic rings. The van der Waals surface area contributed by atoms with Crippen LogP contribution in [0, 0.1) is 0 Å². The molecule has 214 valence electrons. The zero-order chi connectivity index (χ0) is 29.0. The van der Waals surface area contributed by atoms with Crippen molar-refractivity contribution < 1.29 is 19.4 Å². The van der Waals surface area contributed by atoms with Crippen LogP contribution in [0.5, 0.6) is 11.5 Å². The molecule has 1 aromatic heterocycles. The van der Waals surface area contributed by atoms with Gasteiger partial charge in [0.1, 0.15) is 23.2 Å². The molecule has 0 aliphatic carbocycles. The van der Waals surface area contributed by atoms with Gasteiger partial charge < -0.3 is 36.9 Å². The molecule has 4 aromatic rings. The minimum atomic E-state index is -0.778. The highest BCUT2D eigenvalue weighted by Crippen LogP contribution is 2.22. The first-order valence-corrected chi connectivity index (χ1v) is 13.6. The monoisotopic (exact) mass is 556 g/mol. The maximum absolute atomic E-state index is 13.2. The molecule has 10 nitrogen and oxygen atoms in total.